The summed E-state index contributed by atoms with van der Waals surface area (Å²) in [5.41, 5.74) is 0. The minimum Gasteiger partial charge on any atom is -0.212 e. The molecular weight excluding hydrogens is 266 g/mol. The summed E-state index contributed by atoms with van der Waals surface area (Å²) < 4.78 is 25.3. The van der Waals surface area contributed by atoms with E-state index in [1.165, 1.54) is 0 Å². The van der Waals surface area contributed by atoms with Crippen LogP contribution in [0.25, 0.3) is 0 Å². The molecule has 1 rings (SSSR count). The molecule has 0 aromatic heterocycles. The second-order valence-electron chi connectivity index (χ2n) is 4.02. The van der Waals surface area contributed by atoms with E-state index in [0.29, 0.717) is 17.9 Å². The molecular formula is C9H18BrNO2S. The number of nitrogens with zero attached hydrogens (tertiary/aromatic N) is 1. The van der Waals surface area contributed by atoms with Crippen LogP contribution in [0, 0.1) is 0 Å². The lowest BCUT2D eigenvalue weighted by atomic mass is 10.2. The van der Waals surface area contributed by atoms with Crippen molar-refractivity contribution in [3.05, 3.63) is 0 Å². The molecule has 1 saturated heterocycles. The molecule has 1 unspecified atom stereocenters. The monoisotopic (exact) mass is 283 g/mol. The molecule has 84 valence electrons. The Bertz CT molecular complexity index is 277. The van der Waals surface area contributed by atoms with Gasteiger partial charge in [-0.1, -0.05) is 15.9 Å². The Balaban J connectivity index is 2.69. The van der Waals surface area contributed by atoms with Crippen molar-refractivity contribution in [1.29, 1.82) is 0 Å². The number of alkyl halides is 1. The molecule has 1 aliphatic rings. The van der Waals surface area contributed by atoms with Crippen molar-refractivity contribution in [2.75, 3.05) is 13.1 Å². The number of sulfonamides is 1. The molecule has 0 radical (unpaired) electrons. The first kappa shape index (κ1) is 12.5. The van der Waals surface area contributed by atoms with Gasteiger partial charge in [0.05, 0.1) is 5.25 Å². The van der Waals surface area contributed by atoms with Gasteiger partial charge in [-0.2, -0.15) is 0 Å². The highest BCUT2D eigenvalue weighted by Crippen LogP contribution is 2.21. The molecule has 14 heavy (non-hydrogen) atoms. The van der Waals surface area contributed by atoms with Crippen LogP contribution in [-0.2, 0) is 10.0 Å². The molecule has 0 N–H and O–H groups in total. The van der Waals surface area contributed by atoms with E-state index in [0.717, 1.165) is 19.3 Å². The first-order valence-corrected chi connectivity index (χ1v) is 7.49. The van der Waals surface area contributed by atoms with Gasteiger partial charge in [0, 0.05) is 17.9 Å². The zero-order chi connectivity index (χ0) is 10.8. The maximum atomic E-state index is 11.9. The molecule has 1 atom stereocenters. The summed E-state index contributed by atoms with van der Waals surface area (Å²) in [6, 6.07) is 0. The zero-order valence-electron chi connectivity index (χ0n) is 8.74. The zero-order valence-corrected chi connectivity index (χ0v) is 11.1. The maximum Gasteiger partial charge on any atom is 0.216 e. The molecule has 0 spiro atoms. The molecule has 5 heteroatoms. The van der Waals surface area contributed by atoms with Gasteiger partial charge in [-0.15, -0.1) is 0 Å². The average Bonchev–Trinajstić information content (AvgIpc) is 2.29. The Morgan fingerprint density at radius 2 is 1.93 bits per heavy atom. The second kappa shape index (κ2) is 4.94. The van der Waals surface area contributed by atoms with Crippen molar-refractivity contribution in [2.24, 2.45) is 0 Å². The Morgan fingerprint density at radius 3 is 2.50 bits per heavy atom. The van der Waals surface area contributed by atoms with Crippen LogP contribution in [0.4, 0.5) is 0 Å². The third-order valence-corrected chi connectivity index (χ3v) is 5.76. The topological polar surface area (TPSA) is 37.4 Å². The molecule has 0 aromatic carbocycles. The van der Waals surface area contributed by atoms with Crippen LogP contribution in [0.2, 0.25) is 0 Å². The van der Waals surface area contributed by atoms with E-state index in [-0.39, 0.29) is 5.25 Å². The van der Waals surface area contributed by atoms with Crippen molar-refractivity contribution >= 4 is 26.0 Å². The molecule has 0 aliphatic carbocycles. The fourth-order valence-corrected chi connectivity index (χ4v) is 3.45. The van der Waals surface area contributed by atoms with E-state index < -0.39 is 10.0 Å². The normalized spacial score (nSPS) is 26.4. The van der Waals surface area contributed by atoms with Crippen molar-refractivity contribution in [2.45, 2.75) is 43.2 Å². The van der Waals surface area contributed by atoms with Crippen LogP contribution in [0.1, 0.15) is 33.1 Å². The van der Waals surface area contributed by atoms with Gasteiger partial charge in [0.15, 0.2) is 0 Å². The number of halogens is 1. The minimum absolute atomic E-state index is 0.297. The van der Waals surface area contributed by atoms with Gasteiger partial charge >= 0.3 is 0 Å². The van der Waals surface area contributed by atoms with Crippen LogP contribution in [0.5, 0.6) is 0 Å². The maximum absolute atomic E-state index is 11.9. The summed E-state index contributed by atoms with van der Waals surface area (Å²) in [5, 5.41) is -0.297. The Labute approximate surface area is 95.0 Å². The number of hydrogen-bond acceptors (Lipinski definition) is 2. The first-order chi connectivity index (χ1) is 6.44. The Hall–Kier alpha value is 0.390. The van der Waals surface area contributed by atoms with E-state index in [1.807, 2.05) is 0 Å². The predicted molar refractivity (Wildman–Crippen MR) is 62.2 cm³/mol. The van der Waals surface area contributed by atoms with Gasteiger partial charge < -0.3 is 0 Å². The van der Waals surface area contributed by atoms with Gasteiger partial charge in [-0.05, 0) is 33.1 Å². The molecule has 0 aromatic rings. The lowest BCUT2D eigenvalue weighted by Crippen LogP contribution is -2.37. The molecule has 3 nitrogen and oxygen atoms in total. The molecule has 1 aliphatic heterocycles. The highest BCUT2D eigenvalue weighted by Gasteiger charge is 2.27. The third kappa shape index (κ3) is 2.94. The summed E-state index contributed by atoms with van der Waals surface area (Å²) in [6.07, 6.45) is 2.96. The molecule has 0 saturated carbocycles. The van der Waals surface area contributed by atoms with E-state index in [2.05, 4.69) is 15.9 Å². The van der Waals surface area contributed by atoms with Crippen molar-refractivity contribution < 1.29 is 8.42 Å². The van der Waals surface area contributed by atoms with Crippen LogP contribution in [0.15, 0.2) is 0 Å². The van der Waals surface area contributed by atoms with Gasteiger partial charge in [0.1, 0.15) is 0 Å². The van der Waals surface area contributed by atoms with Crippen molar-refractivity contribution in [3.63, 3.8) is 0 Å². The van der Waals surface area contributed by atoms with Crippen molar-refractivity contribution in [3.8, 4) is 0 Å². The predicted octanol–water partition coefficient (Wildman–Crippen LogP) is 1.97. The van der Waals surface area contributed by atoms with E-state index in [9.17, 15) is 8.42 Å². The van der Waals surface area contributed by atoms with Crippen LogP contribution >= 0.6 is 15.9 Å². The fraction of sp³-hybridized carbons (Fsp3) is 1.00. The van der Waals surface area contributed by atoms with E-state index in [4.69, 9.17) is 0 Å². The van der Waals surface area contributed by atoms with E-state index in [1.54, 1.807) is 18.2 Å². The largest absolute Gasteiger partial charge is 0.216 e. The second-order valence-corrected chi connectivity index (χ2v) is 7.81. The summed E-state index contributed by atoms with van der Waals surface area (Å²) in [6.45, 7) is 4.83. The third-order valence-electron chi connectivity index (χ3n) is 2.57. The average molecular weight is 284 g/mol. The van der Waals surface area contributed by atoms with Crippen LogP contribution in [0.3, 0.4) is 0 Å². The summed E-state index contributed by atoms with van der Waals surface area (Å²) in [7, 11) is -3.03. The quantitative estimate of drug-likeness (QED) is 0.727. The summed E-state index contributed by atoms with van der Waals surface area (Å²) in [4.78, 5) is 0.481. The molecule has 1 fully saturated rings. The van der Waals surface area contributed by atoms with E-state index >= 15 is 0 Å². The molecule has 0 bridgehead atoms. The summed E-state index contributed by atoms with van der Waals surface area (Å²) in [5.74, 6) is 0. The minimum atomic E-state index is -3.03. The fourth-order valence-electron chi connectivity index (χ4n) is 1.58. The highest BCUT2D eigenvalue weighted by atomic mass is 79.9. The van der Waals surface area contributed by atoms with Crippen molar-refractivity contribution in [1.82, 2.24) is 4.31 Å². The van der Waals surface area contributed by atoms with Gasteiger partial charge in [0.25, 0.3) is 0 Å². The standard InChI is InChI=1S/C9H18BrNO2S/c1-8(2)14(12,13)11-6-3-4-9(10)5-7-11/h8-9H,3-7H2,1-2H3. The highest BCUT2D eigenvalue weighted by molar-refractivity contribution is 9.09. The van der Waals surface area contributed by atoms with Gasteiger partial charge in [0.2, 0.25) is 10.0 Å². The lowest BCUT2D eigenvalue weighted by Gasteiger charge is -2.22. The van der Waals surface area contributed by atoms with Gasteiger partial charge in [-0.3, -0.25) is 0 Å². The van der Waals surface area contributed by atoms with Gasteiger partial charge in [-0.25, -0.2) is 12.7 Å². The number of rotatable bonds is 2. The molecule has 0 amide bonds. The SMILES string of the molecule is CC(C)S(=O)(=O)N1CCCC(Br)CC1. The number of hydrogen-bond donors (Lipinski definition) is 0. The van der Waals surface area contributed by atoms with Crippen LogP contribution < -0.4 is 0 Å². The first-order valence-electron chi connectivity index (χ1n) is 5.07. The molecule has 1 heterocycles. The summed E-state index contributed by atoms with van der Waals surface area (Å²) >= 11 is 3.55. The lowest BCUT2D eigenvalue weighted by molar-refractivity contribution is 0.419. The Kier molecular flexibility index (Phi) is 4.40. The smallest absolute Gasteiger partial charge is 0.212 e. The Morgan fingerprint density at radius 1 is 1.29 bits per heavy atom. The van der Waals surface area contributed by atoms with Crippen LogP contribution in [-0.4, -0.2) is 35.9 Å².